The average Bonchev–Trinajstić information content (AvgIpc) is 2.62. The fourth-order valence-electron chi connectivity index (χ4n) is 2.23. The van der Waals surface area contributed by atoms with E-state index in [1.807, 2.05) is 0 Å². The Morgan fingerprint density at radius 3 is 2.44 bits per heavy atom. The molecule has 1 saturated carbocycles. The number of hydrogen-bond acceptors (Lipinski definition) is 4. The highest BCUT2D eigenvalue weighted by Crippen LogP contribution is 2.32. The van der Waals surface area contributed by atoms with Crippen LogP contribution in [-0.4, -0.2) is 23.1 Å². The standard InChI is InChI=1S/C12H19N3O/c1-8-4-5-11(9(8)2)15-12-13-6-10(16-3)7-14-12/h6-9,11H,4-5H2,1-3H3,(H,13,14,15). The molecule has 0 saturated heterocycles. The van der Waals surface area contributed by atoms with Gasteiger partial charge in [-0.05, 0) is 24.7 Å². The fraction of sp³-hybridized carbons (Fsp3) is 0.667. The quantitative estimate of drug-likeness (QED) is 0.851. The molecule has 4 nitrogen and oxygen atoms in total. The van der Waals surface area contributed by atoms with Crippen LogP contribution in [0.15, 0.2) is 12.4 Å². The van der Waals surface area contributed by atoms with E-state index in [-0.39, 0.29) is 0 Å². The Hall–Kier alpha value is -1.32. The van der Waals surface area contributed by atoms with Gasteiger partial charge in [0, 0.05) is 6.04 Å². The molecule has 16 heavy (non-hydrogen) atoms. The van der Waals surface area contributed by atoms with Crippen LogP contribution < -0.4 is 10.1 Å². The summed E-state index contributed by atoms with van der Waals surface area (Å²) in [7, 11) is 1.62. The van der Waals surface area contributed by atoms with Crippen LogP contribution in [-0.2, 0) is 0 Å². The predicted octanol–water partition coefficient (Wildman–Crippen LogP) is 2.33. The van der Waals surface area contributed by atoms with E-state index >= 15 is 0 Å². The second-order valence-corrected chi connectivity index (χ2v) is 4.61. The largest absolute Gasteiger partial charge is 0.494 e. The van der Waals surface area contributed by atoms with Crippen LogP contribution in [0.1, 0.15) is 26.7 Å². The average molecular weight is 221 g/mol. The van der Waals surface area contributed by atoms with Crippen molar-refractivity contribution in [3.05, 3.63) is 12.4 Å². The van der Waals surface area contributed by atoms with Crippen LogP contribution in [0.25, 0.3) is 0 Å². The van der Waals surface area contributed by atoms with Gasteiger partial charge in [0.05, 0.1) is 19.5 Å². The second-order valence-electron chi connectivity index (χ2n) is 4.61. The summed E-state index contributed by atoms with van der Waals surface area (Å²) in [5.74, 6) is 2.87. The number of rotatable bonds is 3. The molecule has 0 aromatic carbocycles. The van der Waals surface area contributed by atoms with Gasteiger partial charge >= 0.3 is 0 Å². The minimum absolute atomic E-state index is 0.503. The first-order valence-electron chi connectivity index (χ1n) is 5.83. The van der Waals surface area contributed by atoms with Crippen molar-refractivity contribution in [1.29, 1.82) is 0 Å². The molecule has 0 aliphatic heterocycles. The van der Waals surface area contributed by atoms with Crippen molar-refractivity contribution >= 4 is 5.95 Å². The highest BCUT2D eigenvalue weighted by Gasteiger charge is 2.29. The summed E-state index contributed by atoms with van der Waals surface area (Å²) < 4.78 is 5.02. The maximum Gasteiger partial charge on any atom is 0.223 e. The molecule has 0 amide bonds. The molecule has 2 rings (SSSR count). The third-order valence-electron chi connectivity index (χ3n) is 3.64. The Balaban J connectivity index is 1.98. The lowest BCUT2D eigenvalue weighted by Gasteiger charge is -2.19. The first-order valence-corrected chi connectivity index (χ1v) is 5.83. The molecule has 88 valence electrons. The molecule has 3 atom stereocenters. The maximum atomic E-state index is 5.02. The van der Waals surface area contributed by atoms with E-state index in [0.717, 1.165) is 5.92 Å². The highest BCUT2D eigenvalue weighted by molar-refractivity contribution is 5.29. The first kappa shape index (κ1) is 11.2. The van der Waals surface area contributed by atoms with Crippen molar-refractivity contribution in [3.8, 4) is 5.75 Å². The van der Waals surface area contributed by atoms with Gasteiger partial charge in [-0.2, -0.15) is 0 Å². The molecule has 0 radical (unpaired) electrons. The molecule has 1 aromatic heterocycles. The van der Waals surface area contributed by atoms with E-state index < -0.39 is 0 Å². The zero-order chi connectivity index (χ0) is 11.5. The third kappa shape index (κ3) is 2.26. The smallest absolute Gasteiger partial charge is 0.223 e. The SMILES string of the molecule is COc1cnc(NC2CCC(C)C2C)nc1. The summed E-state index contributed by atoms with van der Waals surface area (Å²) in [6.45, 7) is 4.60. The van der Waals surface area contributed by atoms with Crippen LogP contribution in [0.3, 0.4) is 0 Å². The van der Waals surface area contributed by atoms with Gasteiger partial charge in [-0.25, -0.2) is 9.97 Å². The number of nitrogens with zero attached hydrogens (tertiary/aromatic N) is 2. The molecule has 1 aliphatic rings. The summed E-state index contributed by atoms with van der Waals surface area (Å²) in [4.78, 5) is 8.45. The fourth-order valence-corrected chi connectivity index (χ4v) is 2.23. The zero-order valence-electron chi connectivity index (χ0n) is 10.1. The molecule has 1 N–H and O–H groups in total. The summed E-state index contributed by atoms with van der Waals surface area (Å²) in [6.07, 6.45) is 5.88. The molecule has 0 spiro atoms. The molecule has 1 fully saturated rings. The highest BCUT2D eigenvalue weighted by atomic mass is 16.5. The number of nitrogens with one attached hydrogen (secondary N) is 1. The lowest BCUT2D eigenvalue weighted by atomic mass is 9.98. The molecule has 1 heterocycles. The van der Waals surface area contributed by atoms with Gasteiger partial charge in [0.2, 0.25) is 5.95 Å². The molecular formula is C12H19N3O. The summed E-state index contributed by atoms with van der Waals surface area (Å²) in [5, 5.41) is 3.39. The minimum atomic E-state index is 0.503. The van der Waals surface area contributed by atoms with E-state index in [0.29, 0.717) is 23.7 Å². The molecule has 1 aliphatic carbocycles. The summed E-state index contributed by atoms with van der Waals surface area (Å²) in [6, 6.07) is 0.503. The van der Waals surface area contributed by atoms with Gasteiger partial charge in [0.25, 0.3) is 0 Å². The van der Waals surface area contributed by atoms with Crippen molar-refractivity contribution in [2.75, 3.05) is 12.4 Å². The molecule has 0 bridgehead atoms. The Morgan fingerprint density at radius 2 is 1.94 bits per heavy atom. The van der Waals surface area contributed by atoms with E-state index in [9.17, 15) is 0 Å². The molecule has 4 heteroatoms. The van der Waals surface area contributed by atoms with Crippen molar-refractivity contribution in [3.63, 3.8) is 0 Å². The summed E-state index contributed by atoms with van der Waals surface area (Å²) >= 11 is 0. The lowest BCUT2D eigenvalue weighted by molar-refractivity contribution is 0.410. The van der Waals surface area contributed by atoms with Gasteiger partial charge in [-0.15, -0.1) is 0 Å². The second kappa shape index (κ2) is 4.68. The number of methoxy groups -OCH3 is 1. The molecule has 3 unspecified atom stereocenters. The Kier molecular flexibility index (Phi) is 3.27. The van der Waals surface area contributed by atoms with Gasteiger partial charge in [-0.1, -0.05) is 13.8 Å². The van der Waals surface area contributed by atoms with E-state index in [4.69, 9.17) is 4.74 Å². The first-order chi connectivity index (χ1) is 7.70. The molecule has 1 aromatic rings. The Labute approximate surface area is 96.4 Å². The number of aromatic nitrogens is 2. The van der Waals surface area contributed by atoms with Gasteiger partial charge < -0.3 is 10.1 Å². The third-order valence-corrected chi connectivity index (χ3v) is 3.64. The zero-order valence-corrected chi connectivity index (χ0v) is 10.1. The van der Waals surface area contributed by atoms with E-state index in [1.165, 1.54) is 12.8 Å². The van der Waals surface area contributed by atoms with Crippen molar-refractivity contribution in [2.45, 2.75) is 32.7 Å². The summed E-state index contributed by atoms with van der Waals surface area (Å²) in [5.41, 5.74) is 0. The topological polar surface area (TPSA) is 47.0 Å². The maximum absolute atomic E-state index is 5.02. The van der Waals surface area contributed by atoms with Crippen LogP contribution >= 0.6 is 0 Å². The van der Waals surface area contributed by atoms with Crippen LogP contribution in [0, 0.1) is 11.8 Å². The number of ether oxygens (including phenoxy) is 1. The van der Waals surface area contributed by atoms with Crippen LogP contribution in [0.5, 0.6) is 5.75 Å². The van der Waals surface area contributed by atoms with Crippen LogP contribution in [0.4, 0.5) is 5.95 Å². The van der Waals surface area contributed by atoms with Crippen molar-refractivity contribution in [1.82, 2.24) is 9.97 Å². The molecular weight excluding hydrogens is 202 g/mol. The normalized spacial score (nSPS) is 29.1. The number of hydrogen-bond donors (Lipinski definition) is 1. The van der Waals surface area contributed by atoms with Crippen molar-refractivity contribution in [2.24, 2.45) is 11.8 Å². The number of anilines is 1. The predicted molar refractivity (Wildman–Crippen MR) is 63.6 cm³/mol. The lowest BCUT2D eigenvalue weighted by Crippen LogP contribution is -2.25. The Morgan fingerprint density at radius 1 is 1.25 bits per heavy atom. The van der Waals surface area contributed by atoms with Crippen molar-refractivity contribution < 1.29 is 4.74 Å². The minimum Gasteiger partial charge on any atom is -0.494 e. The Bertz CT molecular complexity index is 339. The monoisotopic (exact) mass is 221 g/mol. The van der Waals surface area contributed by atoms with Gasteiger partial charge in [0.1, 0.15) is 0 Å². The van der Waals surface area contributed by atoms with Crippen LogP contribution in [0.2, 0.25) is 0 Å². The van der Waals surface area contributed by atoms with Gasteiger partial charge in [0.15, 0.2) is 5.75 Å². The van der Waals surface area contributed by atoms with E-state index in [1.54, 1.807) is 19.5 Å². The van der Waals surface area contributed by atoms with Gasteiger partial charge in [-0.3, -0.25) is 0 Å². The van der Waals surface area contributed by atoms with E-state index in [2.05, 4.69) is 29.1 Å².